The minimum atomic E-state index is 0.787. The van der Waals surface area contributed by atoms with E-state index in [9.17, 15) is 0 Å². The zero-order valence-electron chi connectivity index (χ0n) is 10.9. The van der Waals surface area contributed by atoms with Gasteiger partial charge in [-0.2, -0.15) is 0 Å². The third-order valence-corrected chi connectivity index (χ3v) is 2.64. The van der Waals surface area contributed by atoms with Crippen LogP contribution in [0.3, 0.4) is 0 Å². The maximum atomic E-state index is 5.64. The molecule has 0 fully saturated rings. The van der Waals surface area contributed by atoms with Crippen LogP contribution in [-0.4, -0.2) is 26.8 Å². The van der Waals surface area contributed by atoms with Crippen molar-refractivity contribution in [3.8, 4) is 11.5 Å². The first kappa shape index (κ1) is 13.8. The Bertz CT molecular complexity index is 285. The smallest absolute Gasteiger partial charge is 0.119 e. The first-order valence-corrected chi connectivity index (χ1v) is 6.45. The number of ether oxygens (including phenoxy) is 2. The van der Waals surface area contributed by atoms with E-state index in [0.29, 0.717) is 0 Å². The Kier molecular flexibility index (Phi) is 7.23. The molecule has 0 bridgehead atoms. The molecule has 0 unspecified atom stereocenters. The van der Waals surface area contributed by atoms with Gasteiger partial charge in [-0.05, 0) is 30.7 Å². The van der Waals surface area contributed by atoms with Gasteiger partial charge in [0, 0.05) is 6.42 Å². The second kappa shape index (κ2) is 8.88. The molecule has 0 atom stereocenters. The van der Waals surface area contributed by atoms with Gasteiger partial charge >= 0.3 is 0 Å². The Labute approximate surface area is 104 Å². The Morgan fingerprint density at radius 1 is 1.00 bits per heavy atom. The summed E-state index contributed by atoms with van der Waals surface area (Å²) >= 11 is 0. The van der Waals surface area contributed by atoms with E-state index in [2.05, 4.69) is 12.2 Å². The standard InChI is InChI=1S/C14H23NO2/c1-3-4-10-15-11-5-12-17-14-8-6-13(16-2)7-9-14/h6-9,15H,3-5,10-12H2,1-2H3/p+1. The highest BCUT2D eigenvalue weighted by molar-refractivity contribution is 5.30. The van der Waals surface area contributed by atoms with Crippen LogP contribution >= 0.6 is 0 Å². The van der Waals surface area contributed by atoms with E-state index >= 15 is 0 Å². The Hall–Kier alpha value is -1.22. The number of benzene rings is 1. The fourth-order valence-corrected chi connectivity index (χ4v) is 1.58. The quantitative estimate of drug-likeness (QED) is 0.666. The van der Waals surface area contributed by atoms with E-state index in [4.69, 9.17) is 9.47 Å². The third-order valence-electron chi connectivity index (χ3n) is 2.64. The summed E-state index contributed by atoms with van der Waals surface area (Å²) in [5, 5.41) is 2.36. The number of methoxy groups -OCH3 is 1. The lowest BCUT2D eigenvalue weighted by Gasteiger charge is -2.06. The monoisotopic (exact) mass is 238 g/mol. The first-order chi connectivity index (χ1) is 8.36. The lowest BCUT2D eigenvalue weighted by molar-refractivity contribution is -0.655. The van der Waals surface area contributed by atoms with Crippen LogP contribution in [0, 0.1) is 0 Å². The van der Waals surface area contributed by atoms with Crippen molar-refractivity contribution in [1.29, 1.82) is 0 Å². The van der Waals surface area contributed by atoms with Gasteiger partial charge in [0.2, 0.25) is 0 Å². The van der Waals surface area contributed by atoms with Crippen molar-refractivity contribution >= 4 is 0 Å². The molecule has 1 rings (SSSR count). The molecule has 0 amide bonds. The van der Waals surface area contributed by atoms with E-state index in [1.165, 1.54) is 19.4 Å². The summed E-state index contributed by atoms with van der Waals surface area (Å²) in [6.45, 7) is 5.39. The number of hydrogen-bond donors (Lipinski definition) is 1. The van der Waals surface area contributed by atoms with Crippen LogP contribution in [0.5, 0.6) is 11.5 Å². The highest BCUT2D eigenvalue weighted by Crippen LogP contribution is 2.16. The molecule has 3 heteroatoms. The summed E-state index contributed by atoms with van der Waals surface area (Å²) in [5.74, 6) is 1.78. The van der Waals surface area contributed by atoms with E-state index in [1.807, 2.05) is 24.3 Å². The molecule has 0 spiro atoms. The van der Waals surface area contributed by atoms with Crippen molar-refractivity contribution in [2.24, 2.45) is 0 Å². The summed E-state index contributed by atoms with van der Waals surface area (Å²) in [4.78, 5) is 0. The minimum Gasteiger partial charge on any atom is -0.497 e. The molecular formula is C14H24NO2+. The largest absolute Gasteiger partial charge is 0.497 e. The highest BCUT2D eigenvalue weighted by atomic mass is 16.5. The fourth-order valence-electron chi connectivity index (χ4n) is 1.58. The summed E-state index contributed by atoms with van der Waals surface area (Å²) < 4.78 is 10.7. The predicted octanol–water partition coefficient (Wildman–Crippen LogP) is 1.83. The van der Waals surface area contributed by atoms with E-state index in [1.54, 1.807) is 7.11 Å². The van der Waals surface area contributed by atoms with Crippen molar-refractivity contribution in [2.45, 2.75) is 26.2 Å². The second-order valence-corrected chi connectivity index (χ2v) is 4.10. The number of hydrogen-bond acceptors (Lipinski definition) is 2. The van der Waals surface area contributed by atoms with Crippen LogP contribution in [-0.2, 0) is 0 Å². The first-order valence-electron chi connectivity index (χ1n) is 6.45. The summed E-state index contributed by atoms with van der Waals surface area (Å²) in [5.41, 5.74) is 0. The van der Waals surface area contributed by atoms with Gasteiger partial charge in [-0.15, -0.1) is 0 Å². The van der Waals surface area contributed by atoms with Crippen molar-refractivity contribution in [3.63, 3.8) is 0 Å². The molecule has 17 heavy (non-hydrogen) atoms. The van der Waals surface area contributed by atoms with Crippen LogP contribution in [0.25, 0.3) is 0 Å². The molecule has 96 valence electrons. The normalized spacial score (nSPS) is 10.2. The number of rotatable bonds is 9. The molecular weight excluding hydrogens is 214 g/mol. The fraction of sp³-hybridized carbons (Fsp3) is 0.571. The highest BCUT2D eigenvalue weighted by Gasteiger charge is 1.96. The van der Waals surface area contributed by atoms with Crippen LogP contribution in [0.15, 0.2) is 24.3 Å². The molecule has 1 aromatic carbocycles. The van der Waals surface area contributed by atoms with Crippen LogP contribution in [0.4, 0.5) is 0 Å². The molecule has 0 aliphatic heterocycles. The topological polar surface area (TPSA) is 35.1 Å². The zero-order valence-corrected chi connectivity index (χ0v) is 10.9. The Morgan fingerprint density at radius 3 is 2.29 bits per heavy atom. The van der Waals surface area contributed by atoms with E-state index in [0.717, 1.165) is 31.1 Å². The molecule has 0 saturated carbocycles. The Balaban J connectivity index is 2.05. The summed E-state index contributed by atoms with van der Waals surface area (Å²) in [7, 11) is 1.67. The third kappa shape index (κ3) is 6.17. The van der Waals surface area contributed by atoms with Gasteiger partial charge in [-0.1, -0.05) is 13.3 Å². The number of quaternary nitrogens is 1. The van der Waals surface area contributed by atoms with Gasteiger partial charge < -0.3 is 14.8 Å². The zero-order chi connectivity index (χ0) is 12.3. The average Bonchev–Trinajstić information content (AvgIpc) is 2.38. The van der Waals surface area contributed by atoms with Crippen molar-refractivity contribution < 1.29 is 14.8 Å². The van der Waals surface area contributed by atoms with Gasteiger partial charge in [0.25, 0.3) is 0 Å². The molecule has 2 N–H and O–H groups in total. The average molecular weight is 238 g/mol. The number of nitrogens with two attached hydrogens (primary N) is 1. The maximum Gasteiger partial charge on any atom is 0.119 e. The molecule has 3 nitrogen and oxygen atoms in total. The summed E-state index contributed by atoms with van der Waals surface area (Å²) in [6.07, 6.45) is 3.67. The van der Waals surface area contributed by atoms with Crippen LogP contribution in [0.1, 0.15) is 26.2 Å². The summed E-state index contributed by atoms with van der Waals surface area (Å²) in [6, 6.07) is 7.73. The van der Waals surface area contributed by atoms with E-state index in [-0.39, 0.29) is 0 Å². The lowest BCUT2D eigenvalue weighted by Crippen LogP contribution is -2.84. The molecule has 0 heterocycles. The maximum absolute atomic E-state index is 5.64. The van der Waals surface area contributed by atoms with Crippen molar-refractivity contribution in [1.82, 2.24) is 0 Å². The second-order valence-electron chi connectivity index (χ2n) is 4.10. The van der Waals surface area contributed by atoms with Gasteiger partial charge in [-0.25, -0.2) is 0 Å². The predicted molar refractivity (Wildman–Crippen MR) is 69.7 cm³/mol. The van der Waals surface area contributed by atoms with Crippen LogP contribution < -0.4 is 14.8 Å². The number of unbranched alkanes of at least 4 members (excludes halogenated alkanes) is 1. The van der Waals surface area contributed by atoms with Crippen molar-refractivity contribution in [3.05, 3.63) is 24.3 Å². The van der Waals surface area contributed by atoms with Crippen molar-refractivity contribution in [2.75, 3.05) is 26.8 Å². The molecule has 0 aliphatic rings. The Morgan fingerprint density at radius 2 is 1.65 bits per heavy atom. The van der Waals surface area contributed by atoms with Gasteiger partial charge in [-0.3, -0.25) is 0 Å². The van der Waals surface area contributed by atoms with Gasteiger partial charge in [0.1, 0.15) is 11.5 Å². The SMILES string of the molecule is CCCC[NH2+]CCCOc1ccc(OC)cc1. The molecule has 0 aromatic heterocycles. The van der Waals surface area contributed by atoms with Gasteiger partial charge in [0.05, 0.1) is 26.8 Å². The lowest BCUT2D eigenvalue weighted by atomic mass is 10.3. The molecule has 0 aliphatic carbocycles. The minimum absolute atomic E-state index is 0.787. The van der Waals surface area contributed by atoms with Crippen LogP contribution in [0.2, 0.25) is 0 Å². The van der Waals surface area contributed by atoms with Gasteiger partial charge in [0.15, 0.2) is 0 Å². The molecule has 0 radical (unpaired) electrons. The molecule has 1 aromatic rings. The van der Waals surface area contributed by atoms with E-state index < -0.39 is 0 Å². The molecule has 0 saturated heterocycles.